The van der Waals surface area contributed by atoms with Gasteiger partial charge in [0.1, 0.15) is 17.9 Å². The van der Waals surface area contributed by atoms with Crippen molar-refractivity contribution in [1.29, 1.82) is 0 Å². The van der Waals surface area contributed by atoms with Crippen LogP contribution in [0.4, 0.5) is 10.5 Å². The molecule has 0 bridgehead atoms. The van der Waals surface area contributed by atoms with Crippen LogP contribution >= 0.6 is 15.9 Å². The number of benzene rings is 3. The first kappa shape index (κ1) is 23.1. The molecule has 0 unspecified atom stereocenters. The molecule has 1 heterocycles. The fourth-order valence-electron chi connectivity index (χ4n) is 3.35. The third kappa shape index (κ3) is 4.79. The molecule has 1 aliphatic rings. The molecule has 8 nitrogen and oxygen atoms in total. The number of anilines is 1. The van der Waals surface area contributed by atoms with Gasteiger partial charge in [0.15, 0.2) is 11.5 Å². The van der Waals surface area contributed by atoms with E-state index in [1.54, 1.807) is 12.1 Å². The van der Waals surface area contributed by atoms with Crippen LogP contribution in [0.5, 0.6) is 17.2 Å². The smallest absolute Gasteiger partial charge is 0.335 e. The van der Waals surface area contributed by atoms with Crippen LogP contribution in [-0.4, -0.2) is 30.1 Å². The van der Waals surface area contributed by atoms with Gasteiger partial charge in [-0.3, -0.25) is 14.9 Å². The largest absolute Gasteiger partial charge is 0.508 e. The maximum absolute atomic E-state index is 13.0. The number of amides is 4. The lowest BCUT2D eigenvalue weighted by Gasteiger charge is -2.26. The number of barbiturate groups is 1. The minimum atomic E-state index is -0.874. The molecule has 0 radical (unpaired) electrons. The minimum Gasteiger partial charge on any atom is -0.508 e. The number of hydrogen-bond donors (Lipinski definition) is 2. The molecular weight excluding hydrogens is 504 g/mol. The number of ether oxygens (including phenoxy) is 2. The highest BCUT2D eigenvalue weighted by Crippen LogP contribution is 2.38. The maximum Gasteiger partial charge on any atom is 0.335 e. The number of halogens is 1. The van der Waals surface area contributed by atoms with E-state index in [9.17, 15) is 19.5 Å². The Morgan fingerprint density at radius 2 is 1.74 bits per heavy atom. The molecule has 0 aromatic heterocycles. The Hall–Kier alpha value is -4.11. The molecular formula is C25H19BrN2O6. The number of phenols is 1. The summed E-state index contributed by atoms with van der Waals surface area (Å²) in [7, 11) is 1.48. The van der Waals surface area contributed by atoms with Gasteiger partial charge in [-0.05, 0) is 69.5 Å². The molecule has 3 aromatic rings. The van der Waals surface area contributed by atoms with E-state index in [0.29, 0.717) is 28.1 Å². The van der Waals surface area contributed by atoms with Gasteiger partial charge in [0.05, 0.1) is 17.3 Å². The van der Waals surface area contributed by atoms with Gasteiger partial charge in [-0.2, -0.15) is 0 Å². The fourth-order valence-corrected chi connectivity index (χ4v) is 3.93. The Kier molecular flexibility index (Phi) is 6.65. The Balaban J connectivity index is 1.64. The quantitative estimate of drug-likeness (QED) is 0.367. The van der Waals surface area contributed by atoms with Crippen LogP contribution in [0.1, 0.15) is 11.1 Å². The molecule has 9 heteroatoms. The van der Waals surface area contributed by atoms with E-state index in [1.807, 2.05) is 30.3 Å². The zero-order valence-corrected chi connectivity index (χ0v) is 19.5. The highest BCUT2D eigenvalue weighted by Gasteiger charge is 2.36. The summed E-state index contributed by atoms with van der Waals surface area (Å²) in [6.07, 6.45) is 1.37. The molecule has 4 amide bonds. The lowest BCUT2D eigenvalue weighted by atomic mass is 10.1. The van der Waals surface area contributed by atoms with Crippen molar-refractivity contribution in [3.63, 3.8) is 0 Å². The first-order valence-electron chi connectivity index (χ1n) is 10.1. The molecule has 0 saturated carbocycles. The molecule has 1 aliphatic heterocycles. The normalized spacial score (nSPS) is 14.8. The molecule has 1 fully saturated rings. The van der Waals surface area contributed by atoms with Gasteiger partial charge in [-0.15, -0.1) is 0 Å². The topological polar surface area (TPSA) is 105 Å². The standard InChI is InChI=1S/C25H19BrN2O6/c1-33-21-13-16(12-20(26)22(21)34-14-15-5-3-2-4-6-15)11-19-23(30)27-25(32)28(24(19)31)17-7-9-18(29)10-8-17/h2-13,29H,14H2,1H3,(H,27,30,32)/b19-11+. The second-order valence-electron chi connectivity index (χ2n) is 7.28. The Labute approximate surface area is 203 Å². The zero-order chi connectivity index (χ0) is 24.2. The SMILES string of the molecule is COc1cc(/C=C2\C(=O)NC(=O)N(c3ccc(O)cc3)C2=O)cc(Br)c1OCc1ccccc1. The van der Waals surface area contributed by atoms with E-state index in [1.165, 1.54) is 37.5 Å². The zero-order valence-electron chi connectivity index (χ0n) is 17.9. The summed E-state index contributed by atoms with van der Waals surface area (Å²) in [6, 6.07) is 17.5. The van der Waals surface area contributed by atoms with Gasteiger partial charge in [-0.25, -0.2) is 9.69 Å². The summed E-state index contributed by atoms with van der Waals surface area (Å²) < 4.78 is 11.9. The number of phenolic OH excluding ortho intramolecular Hbond substituents is 1. The predicted molar refractivity (Wildman–Crippen MR) is 129 cm³/mol. The predicted octanol–water partition coefficient (Wildman–Crippen LogP) is 4.41. The summed E-state index contributed by atoms with van der Waals surface area (Å²) in [6.45, 7) is 0.320. The Bertz CT molecular complexity index is 1290. The molecule has 2 N–H and O–H groups in total. The van der Waals surface area contributed by atoms with Gasteiger partial charge >= 0.3 is 6.03 Å². The number of hydrogen-bond acceptors (Lipinski definition) is 6. The van der Waals surface area contributed by atoms with Crippen molar-refractivity contribution in [2.75, 3.05) is 12.0 Å². The summed E-state index contributed by atoms with van der Waals surface area (Å²) in [5.41, 5.74) is 1.43. The average Bonchev–Trinajstić information content (AvgIpc) is 2.82. The lowest BCUT2D eigenvalue weighted by Crippen LogP contribution is -2.54. The molecule has 172 valence electrons. The Morgan fingerprint density at radius 3 is 2.41 bits per heavy atom. The van der Waals surface area contributed by atoms with Crippen LogP contribution in [0.15, 0.2) is 76.8 Å². The van der Waals surface area contributed by atoms with E-state index >= 15 is 0 Å². The van der Waals surface area contributed by atoms with Crippen LogP contribution < -0.4 is 19.7 Å². The third-order valence-electron chi connectivity index (χ3n) is 5.00. The number of urea groups is 1. The van der Waals surface area contributed by atoms with Crippen LogP contribution in [0.25, 0.3) is 6.08 Å². The molecule has 0 aliphatic carbocycles. The molecule has 34 heavy (non-hydrogen) atoms. The highest BCUT2D eigenvalue weighted by atomic mass is 79.9. The molecule has 1 saturated heterocycles. The molecule has 4 rings (SSSR count). The summed E-state index contributed by atoms with van der Waals surface area (Å²) in [5, 5.41) is 11.6. The van der Waals surface area contributed by atoms with E-state index < -0.39 is 17.8 Å². The van der Waals surface area contributed by atoms with Crippen LogP contribution in [-0.2, 0) is 16.2 Å². The summed E-state index contributed by atoms with van der Waals surface area (Å²) in [4.78, 5) is 38.7. The monoisotopic (exact) mass is 522 g/mol. The number of methoxy groups -OCH3 is 1. The van der Waals surface area contributed by atoms with E-state index in [2.05, 4.69) is 21.2 Å². The van der Waals surface area contributed by atoms with Crippen molar-refractivity contribution >= 4 is 45.5 Å². The Morgan fingerprint density at radius 1 is 1.03 bits per heavy atom. The molecule has 0 spiro atoms. The number of carbonyl (C=O) groups is 3. The fraction of sp³-hybridized carbons (Fsp3) is 0.0800. The number of nitrogens with one attached hydrogen (secondary N) is 1. The number of nitrogens with zero attached hydrogens (tertiary/aromatic N) is 1. The minimum absolute atomic E-state index is 0.0213. The van der Waals surface area contributed by atoms with Gasteiger partial charge in [0, 0.05) is 0 Å². The third-order valence-corrected chi connectivity index (χ3v) is 5.59. The van der Waals surface area contributed by atoms with E-state index in [4.69, 9.17) is 9.47 Å². The summed E-state index contributed by atoms with van der Waals surface area (Å²) in [5.74, 6) is -0.767. The van der Waals surface area contributed by atoms with Crippen LogP contribution in [0.2, 0.25) is 0 Å². The van der Waals surface area contributed by atoms with E-state index in [-0.39, 0.29) is 17.0 Å². The van der Waals surface area contributed by atoms with Gasteiger partial charge in [0.2, 0.25) is 0 Å². The molecule has 3 aromatic carbocycles. The van der Waals surface area contributed by atoms with Crippen molar-refractivity contribution in [2.24, 2.45) is 0 Å². The lowest BCUT2D eigenvalue weighted by molar-refractivity contribution is -0.122. The molecule has 0 atom stereocenters. The van der Waals surface area contributed by atoms with Gasteiger partial charge in [0.25, 0.3) is 11.8 Å². The van der Waals surface area contributed by atoms with Crippen molar-refractivity contribution in [2.45, 2.75) is 6.61 Å². The number of rotatable bonds is 6. The van der Waals surface area contributed by atoms with Gasteiger partial charge < -0.3 is 14.6 Å². The number of carbonyl (C=O) groups excluding carboxylic acids is 3. The van der Waals surface area contributed by atoms with Crippen molar-refractivity contribution in [3.05, 3.63) is 87.9 Å². The van der Waals surface area contributed by atoms with E-state index in [0.717, 1.165) is 10.5 Å². The van der Waals surface area contributed by atoms with Crippen molar-refractivity contribution < 1.29 is 29.0 Å². The van der Waals surface area contributed by atoms with Crippen molar-refractivity contribution in [3.8, 4) is 17.2 Å². The second-order valence-corrected chi connectivity index (χ2v) is 8.14. The van der Waals surface area contributed by atoms with Crippen LogP contribution in [0, 0.1) is 0 Å². The summed E-state index contributed by atoms with van der Waals surface area (Å²) >= 11 is 3.46. The maximum atomic E-state index is 13.0. The average molecular weight is 523 g/mol. The first-order valence-corrected chi connectivity index (χ1v) is 10.9. The number of aromatic hydroxyl groups is 1. The van der Waals surface area contributed by atoms with Gasteiger partial charge in [-0.1, -0.05) is 30.3 Å². The second kappa shape index (κ2) is 9.80. The van der Waals surface area contributed by atoms with Crippen molar-refractivity contribution in [1.82, 2.24) is 5.32 Å². The highest BCUT2D eigenvalue weighted by molar-refractivity contribution is 9.10. The first-order chi connectivity index (χ1) is 16.4. The van der Waals surface area contributed by atoms with Crippen LogP contribution in [0.3, 0.4) is 0 Å². The number of imide groups is 2.